The number of aromatic nitrogens is 2. The summed E-state index contributed by atoms with van der Waals surface area (Å²) >= 11 is 6.18. The summed E-state index contributed by atoms with van der Waals surface area (Å²) in [6.45, 7) is 2.57. The summed E-state index contributed by atoms with van der Waals surface area (Å²) in [5.74, 6) is 0.895. The Bertz CT molecular complexity index is 920. The maximum absolute atomic E-state index is 12.4. The topological polar surface area (TPSA) is 59.2 Å². The molecule has 0 radical (unpaired) electrons. The fourth-order valence-corrected chi connectivity index (χ4v) is 3.22. The molecular weight excluding hydrogens is 338 g/mol. The van der Waals surface area contributed by atoms with E-state index in [1.807, 2.05) is 49.4 Å². The van der Waals surface area contributed by atoms with Gasteiger partial charge in [0.1, 0.15) is 0 Å². The lowest BCUT2D eigenvalue weighted by Crippen LogP contribution is -2.24. The number of aryl methyl sites for hydroxylation is 1. The molecule has 2 heterocycles. The molecule has 6 heteroatoms. The Hall–Kier alpha value is -2.66. The first-order chi connectivity index (χ1) is 12.1. The van der Waals surface area contributed by atoms with Crippen molar-refractivity contribution in [1.82, 2.24) is 10.1 Å². The second-order valence-electron chi connectivity index (χ2n) is 6.18. The highest BCUT2D eigenvalue weighted by atomic mass is 35.5. The molecule has 4 rings (SSSR count). The molecule has 0 spiro atoms. The molecule has 25 heavy (non-hydrogen) atoms. The molecule has 0 bridgehead atoms. The zero-order valence-corrected chi connectivity index (χ0v) is 14.4. The molecule has 3 aromatic rings. The second kappa shape index (κ2) is 6.33. The third-order valence-electron chi connectivity index (χ3n) is 4.38. The predicted octanol–water partition coefficient (Wildman–Crippen LogP) is 4.22. The summed E-state index contributed by atoms with van der Waals surface area (Å²) in [6, 6.07) is 15.2. The Morgan fingerprint density at radius 3 is 2.68 bits per heavy atom. The van der Waals surface area contributed by atoms with Crippen LogP contribution in [0.4, 0.5) is 5.69 Å². The molecule has 1 aliphatic heterocycles. The number of hydrogen-bond donors (Lipinski definition) is 0. The van der Waals surface area contributed by atoms with E-state index in [0.29, 0.717) is 35.3 Å². The van der Waals surface area contributed by atoms with Crippen LogP contribution in [0.25, 0.3) is 11.5 Å². The maximum Gasteiger partial charge on any atom is 0.259 e. The van der Waals surface area contributed by atoms with Gasteiger partial charge in [-0.15, -0.1) is 0 Å². The second-order valence-corrected chi connectivity index (χ2v) is 6.59. The molecule has 1 amide bonds. The number of nitrogens with zero attached hydrogens (tertiary/aromatic N) is 3. The average Bonchev–Trinajstić information content (AvgIpc) is 3.23. The minimum absolute atomic E-state index is 0.0675. The van der Waals surface area contributed by atoms with E-state index in [1.165, 1.54) is 0 Å². The van der Waals surface area contributed by atoms with Crippen molar-refractivity contribution >= 4 is 23.2 Å². The quantitative estimate of drug-likeness (QED) is 0.707. The molecule has 1 fully saturated rings. The summed E-state index contributed by atoms with van der Waals surface area (Å²) < 4.78 is 5.36. The monoisotopic (exact) mass is 353 g/mol. The van der Waals surface area contributed by atoms with Gasteiger partial charge in [-0.1, -0.05) is 46.6 Å². The van der Waals surface area contributed by atoms with Crippen LogP contribution in [0.3, 0.4) is 0 Å². The van der Waals surface area contributed by atoms with Crippen molar-refractivity contribution in [3.05, 3.63) is 64.9 Å². The van der Waals surface area contributed by atoms with Crippen LogP contribution in [0.15, 0.2) is 53.1 Å². The molecule has 1 saturated heterocycles. The molecule has 1 atom stereocenters. The van der Waals surface area contributed by atoms with Gasteiger partial charge in [0.15, 0.2) is 5.82 Å². The summed E-state index contributed by atoms with van der Waals surface area (Å²) in [7, 11) is 0. The highest BCUT2D eigenvalue weighted by Crippen LogP contribution is 2.32. The average molecular weight is 354 g/mol. The van der Waals surface area contributed by atoms with Crippen molar-refractivity contribution in [3.63, 3.8) is 0 Å². The van der Waals surface area contributed by atoms with E-state index in [-0.39, 0.29) is 11.8 Å². The van der Waals surface area contributed by atoms with Crippen molar-refractivity contribution in [1.29, 1.82) is 0 Å². The highest BCUT2D eigenvalue weighted by Gasteiger charge is 2.34. The van der Waals surface area contributed by atoms with Gasteiger partial charge in [0.05, 0.1) is 10.6 Å². The van der Waals surface area contributed by atoms with Gasteiger partial charge < -0.3 is 9.42 Å². The molecule has 0 N–H and O–H groups in total. The molecule has 126 valence electrons. The Morgan fingerprint density at radius 1 is 1.16 bits per heavy atom. The number of amides is 1. The van der Waals surface area contributed by atoms with Gasteiger partial charge in [-0.05, 0) is 31.2 Å². The standard InChI is InChI=1S/C19H16ClN3O2/c1-12-6-8-14(9-7-12)23-11-13(10-17(23)24)18-21-19(25-22-18)15-4-2-3-5-16(15)20/h2-9,13H,10-11H2,1H3/t13-/m0/s1. The number of hydrogen-bond acceptors (Lipinski definition) is 4. The van der Waals surface area contributed by atoms with Crippen LogP contribution in [-0.2, 0) is 4.79 Å². The van der Waals surface area contributed by atoms with Crippen LogP contribution in [0.5, 0.6) is 0 Å². The van der Waals surface area contributed by atoms with Gasteiger partial charge in [0.2, 0.25) is 5.91 Å². The molecule has 0 saturated carbocycles. The van der Waals surface area contributed by atoms with Gasteiger partial charge >= 0.3 is 0 Å². The Balaban J connectivity index is 1.57. The number of rotatable bonds is 3. The zero-order chi connectivity index (χ0) is 17.4. The lowest BCUT2D eigenvalue weighted by molar-refractivity contribution is -0.117. The molecule has 0 unspecified atom stereocenters. The summed E-state index contributed by atoms with van der Waals surface area (Å²) in [6.07, 6.45) is 0.370. The van der Waals surface area contributed by atoms with E-state index in [4.69, 9.17) is 16.1 Å². The van der Waals surface area contributed by atoms with Crippen molar-refractivity contribution in [2.45, 2.75) is 19.3 Å². The third kappa shape index (κ3) is 3.03. The summed E-state index contributed by atoms with van der Waals surface area (Å²) in [4.78, 5) is 18.6. The highest BCUT2D eigenvalue weighted by molar-refractivity contribution is 6.33. The summed E-state index contributed by atoms with van der Waals surface area (Å²) in [5.41, 5.74) is 2.75. The van der Waals surface area contributed by atoms with Crippen LogP contribution >= 0.6 is 11.6 Å². The molecule has 5 nitrogen and oxygen atoms in total. The van der Waals surface area contributed by atoms with E-state index in [0.717, 1.165) is 11.3 Å². The third-order valence-corrected chi connectivity index (χ3v) is 4.71. The first-order valence-corrected chi connectivity index (χ1v) is 8.45. The van der Waals surface area contributed by atoms with Crippen molar-refractivity contribution in [2.24, 2.45) is 0 Å². The van der Waals surface area contributed by atoms with E-state index in [2.05, 4.69) is 10.1 Å². The Labute approximate surface area is 150 Å². The van der Waals surface area contributed by atoms with Crippen molar-refractivity contribution in [2.75, 3.05) is 11.4 Å². The van der Waals surface area contributed by atoms with Crippen LogP contribution < -0.4 is 4.90 Å². The predicted molar refractivity (Wildman–Crippen MR) is 95.6 cm³/mol. The summed E-state index contributed by atoms with van der Waals surface area (Å²) in [5, 5.41) is 4.63. The van der Waals surface area contributed by atoms with Gasteiger partial charge in [-0.3, -0.25) is 4.79 Å². The lowest BCUT2D eigenvalue weighted by atomic mass is 10.1. The lowest BCUT2D eigenvalue weighted by Gasteiger charge is -2.16. The maximum atomic E-state index is 12.4. The molecule has 1 aromatic heterocycles. The van der Waals surface area contributed by atoms with Crippen LogP contribution in [0.2, 0.25) is 5.02 Å². The number of benzene rings is 2. The first-order valence-electron chi connectivity index (χ1n) is 8.07. The fraction of sp³-hybridized carbons (Fsp3) is 0.211. The minimum Gasteiger partial charge on any atom is -0.334 e. The van der Waals surface area contributed by atoms with Crippen molar-refractivity contribution in [3.8, 4) is 11.5 Å². The van der Waals surface area contributed by atoms with E-state index < -0.39 is 0 Å². The van der Waals surface area contributed by atoms with Crippen molar-refractivity contribution < 1.29 is 9.32 Å². The molecule has 2 aromatic carbocycles. The van der Waals surface area contributed by atoms with Crippen LogP contribution in [0, 0.1) is 6.92 Å². The first kappa shape index (κ1) is 15.8. The van der Waals surface area contributed by atoms with Gasteiger partial charge in [-0.25, -0.2) is 0 Å². The van der Waals surface area contributed by atoms with E-state index in [9.17, 15) is 4.79 Å². The largest absolute Gasteiger partial charge is 0.334 e. The minimum atomic E-state index is -0.0891. The number of halogens is 1. The Kier molecular flexibility index (Phi) is 4.01. The zero-order valence-electron chi connectivity index (χ0n) is 13.6. The number of carbonyl (C=O) groups is 1. The SMILES string of the molecule is Cc1ccc(N2C[C@@H](c3noc(-c4ccccc4Cl)n3)CC2=O)cc1. The molecule has 0 aliphatic carbocycles. The number of carbonyl (C=O) groups excluding carboxylic acids is 1. The van der Waals surface area contributed by atoms with Gasteiger partial charge in [0, 0.05) is 24.6 Å². The van der Waals surface area contributed by atoms with Crippen LogP contribution in [-0.4, -0.2) is 22.6 Å². The Morgan fingerprint density at radius 2 is 1.92 bits per heavy atom. The van der Waals surface area contributed by atoms with Crippen LogP contribution in [0.1, 0.15) is 23.7 Å². The normalized spacial score (nSPS) is 17.3. The van der Waals surface area contributed by atoms with Gasteiger partial charge in [-0.2, -0.15) is 4.98 Å². The molecule has 1 aliphatic rings. The van der Waals surface area contributed by atoms with E-state index in [1.54, 1.807) is 11.0 Å². The fourth-order valence-electron chi connectivity index (χ4n) is 3.00. The smallest absolute Gasteiger partial charge is 0.259 e. The van der Waals surface area contributed by atoms with Gasteiger partial charge in [0.25, 0.3) is 5.89 Å². The van der Waals surface area contributed by atoms with E-state index >= 15 is 0 Å². The molecular formula is C19H16ClN3O2. The number of anilines is 1.